The highest BCUT2D eigenvalue weighted by Crippen LogP contribution is 2.27. The molecule has 2 heterocycles. The summed E-state index contributed by atoms with van der Waals surface area (Å²) in [6.07, 6.45) is 2.87. The zero-order valence-electron chi connectivity index (χ0n) is 6.97. The second kappa shape index (κ2) is 4.26. The first-order valence-electron chi connectivity index (χ1n) is 3.55. The number of hydrogen-bond donors (Lipinski definition) is 1. The van der Waals surface area contributed by atoms with Gasteiger partial charge >= 0.3 is 0 Å². The van der Waals surface area contributed by atoms with Crippen molar-refractivity contribution >= 4 is 29.7 Å². The molecule has 0 aliphatic rings. The summed E-state index contributed by atoms with van der Waals surface area (Å²) in [5, 5.41) is 1.79. The number of hydrogen-bond acceptors (Lipinski definition) is 4. The molecule has 0 aliphatic carbocycles. The predicted molar refractivity (Wildman–Crippen MR) is 55.6 cm³/mol. The van der Waals surface area contributed by atoms with Crippen LogP contribution in [0.1, 0.15) is 9.67 Å². The summed E-state index contributed by atoms with van der Waals surface area (Å²) < 4.78 is 5.06. The smallest absolute Gasteiger partial charge is 0.259 e. The van der Waals surface area contributed by atoms with Gasteiger partial charge in [0.2, 0.25) is 0 Å². The molecule has 2 rings (SSSR count). The maximum absolute atomic E-state index is 10.9. The Balaban J connectivity index is 0.000000980. The van der Waals surface area contributed by atoms with Crippen molar-refractivity contribution in [2.75, 3.05) is 0 Å². The summed E-state index contributed by atoms with van der Waals surface area (Å²) in [6.45, 7) is 0. The molecule has 6 heteroatoms. The molecule has 0 fully saturated rings. The van der Waals surface area contributed by atoms with E-state index in [1.165, 1.54) is 17.7 Å². The van der Waals surface area contributed by atoms with E-state index in [1.807, 2.05) is 0 Å². The molecule has 0 saturated carbocycles. The fourth-order valence-electron chi connectivity index (χ4n) is 1.04. The van der Waals surface area contributed by atoms with Gasteiger partial charge in [-0.2, -0.15) is 0 Å². The van der Waals surface area contributed by atoms with Gasteiger partial charge in [0.15, 0.2) is 12.2 Å². The van der Waals surface area contributed by atoms with E-state index in [1.54, 1.807) is 17.6 Å². The zero-order valence-corrected chi connectivity index (χ0v) is 8.60. The zero-order chi connectivity index (χ0) is 9.26. The van der Waals surface area contributed by atoms with E-state index in [0.29, 0.717) is 16.2 Å². The molecule has 0 unspecified atom stereocenters. The maximum Gasteiger partial charge on any atom is 0.259 e. The molecule has 2 N–H and O–H groups in total. The number of aromatic nitrogens is 1. The summed E-state index contributed by atoms with van der Waals surface area (Å²) in [5.41, 5.74) is 5.88. The lowest BCUT2D eigenvalue weighted by atomic mass is 10.2. The van der Waals surface area contributed by atoms with Crippen LogP contribution in [0.5, 0.6) is 0 Å². The number of carbonyl (C=O) groups excluding carboxylic acids is 1. The molecule has 0 aliphatic heterocycles. The molecule has 0 radical (unpaired) electrons. The lowest BCUT2D eigenvalue weighted by Gasteiger charge is -1.93. The van der Waals surface area contributed by atoms with E-state index in [2.05, 4.69) is 4.98 Å². The Morgan fingerprint density at radius 3 is 2.93 bits per heavy atom. The second-order valence-electron chi connectivity index (χ2n) is 2.39. The minimum absolute atomic E-state index is 0. The minimum atomic E-state index is -0.443. The quantitative estimate of drug-likeness (QED) is 0.857. The van der Waals surface area contributed by atoms with Crippen LogP contribution >= 0.6 is 23.7 Å². The van der Waals surface area contributed by atoms with Crippen LogP contribution in [-0.2, 0) is 0 Å². The molecular weight excluding hydrogens is 224 g/mol. The number of nitrogens with zero attached hydrogens (tertiary/aromatic N) is 1. The lowest BCUT2D eigenvalue weighted by Crippen LogP contribution is -2.09. The molecule has 74 valence electrons. The molecule has 2 aromatic rings. The Morgan fingerprint density at radius 1 is 1.57 bits per heavy atom. The number of nitrogens with two attached hydrogens (primary N) is 1. The molecule has 0 atom stereocenters. The maximum atomic E-state index is 10.9. The highest BCUT2D eigenvalue weighted by atomic mass is 35.5. The van der Waals surface area contributed by atoms with Gasteiger partial charge in [0.1, 0.15) is 4.88 Å². The molecule has 0 spiro atoms. The van der Waals surface area contributed by atoms with Gasteiger partial charge in [0.25, 0.3) is 5.91 Å². The van der Waals surface area contributed by atoms with Gasteiger partial charge < -0.3 is 10.2 Å². The van der Waals surface area contributed by atoms with Gasteiger partial charge in [0.05, 0.1) is 6.20 Å². The highest BCUT2D eigenvalue weighted by molar-refractivity contribution is 7.12. The average molecular weight is 231 g/mol. The van der Waals surface area contributed by atoms with Gasteiger partial charge in [0, 0.05) is 5.56 Å². The first kappa shape index (κ1) is 10.7. The van der Waals surface area contributed by atoms with E-state index < -0.39 is 5.91 Å². The van der Waals surface area contributed by atoms with Gasteiger partial charge in [-0.3, -0.25) is 4.79 Å². The molecule has 0 bridgehead atoms. The lowest BCUT2D eigenvalue weighted by molar-refractivity contribution is 0.100. The van der Waals surface area contributed by atoms with Crippen molar-refractivity contribution < 1.29 is 9.21 Å². The Bertz CT molecular complexity index is 424. The molecular formula is C8H7ClN2O2S. The number of carbonyl (C=O) groups is 1. The summed E-state index contributed by atoms with van der Waals surface area (Å²) >= 11 is 1.29. The third-order valence-corrected chi connectivity index (χ3v) is 2.52. The summed E-state index contributed by atoms with van der Waals surface area (Å²) in [6, 6.07) is 1.78. The van der Waals surface area contributed by atoms with E-state index in [4.69, 9.17) is 10.2 Å². The number of rotatable bonds is 2. The Morgan fingerprint density at radius 2 is 2.36 bits per heavy atom. The number of halogens is 1. The van der Waals surface area contributed by atoms with Gasteiger partial charge in [-0.1, -0.05) is 0 Å². The standard InChI is InChI=1S/C8H6N2O2S.ClH/c9-8(11)7-5(1-2-13-7)6-3-10-4-12-6;/h1-4H,(H2,9,11);1H. The number of primary amides is 1. The summed E-state index contributed by atoms with van der Waals surface area (Å²) in [4.78, 5) is 15.2. The first-order valence-corrected chi connectivity index (χ1v) is 4.43. The Labute approximate surface area is 90.2 Å². The van der Waals surface area contributed by atoms with E-state index in [9.17, 15) is 4.79 Å². The monoisotopic (exact) mass is 230 g/mol. The fraction of sp³-hybridized carbons (Fsp3) is 0. The molecule has 0 aromatic carbocycles. The van der Waals surface area contributed by atoms with Crippen LogP contribution in [0.25, 0.3) is 11.3 Å². The normalized spacial score (nSPS) is 9.43. The van der Waals surface area contributed by atoms with Crippen LogP contribution in [0, 0.1) is 0 Å². The number of thiophene rings is 1. The van der Waals surface area contributed by atoms with Crippen molar-refractivity contribution in [3.05, 3.63) is 28.9 Å². The molecule has 1 amide bonds. The van der Waals surface area contributed by atoms with Crippen LogP contribution in [-0.4, -0.2) is 10.9 Å². The topological polar surface area (TPSA) is 69.1 Å². The van der Waals surface area contributed by atoms with Crippen LogP contribution in [0.2, 0.25) is 0 Å². The van der Waals surface area contributed by atoms with Crippen molar-refractivity contribution in [2.45, 2.75) is 0 Å². The molecule has 14 heavy (non-hydrogen) atoms. The number of amides is 1. The van der Waals surface area contributed by atoms with Crippen LogP contribution in [0.3, 0.4) is 0 Å². The Kier molecular flexibility index (Phi) is 3.27. The Hall–Kier alpha value is -1.33. The van der Waals surface area contributed by atoms with E-state index in [-0.39, 0.29) is 12.4 Å². The summed E-state index contributed by atoms with van der Waals surface area (Å²) in [7, 11) is 0. The predicted octanol–water partition coefficient (Wildman–Crippen LogP) is 1.92. The molecule has 4 nitrogen and oxygen atoms in total. The van der Waals surface area contributed by atoms with Crippen LogP contribution in [0.15, 0.2) is 28.5 Å². The first-order chi connectivity index (χ1) is 6.29. The van der Waals surface area contributed by atoms with Crippen molar-refractivity contribution in [3.63, 3.8) is 0 Å². The second-order valence-corrected chi connectivity index (χ2v) is 3.31. The van der Waals surface area contributed by atoms with E-state index in [0.717, 1.165) is 0 Å². The third kappa shape index (κ3) is 1.78. The van der Waals surface area contributed by atoms with E-state index >= 15 is 0 Å². The average Bonchev–Trinajstić information content (AvgIpc) is 2.74. The SMILES string of the molecule is Cl.NC(=O)c1sccc1-c1cnco1. The largest absolute Gasteiger partial charge is 0.443 e. The minimum Gasteiger partial charge on any atom is -0.443 e. The summed E-state index contributed by atoms with van der Waals surface area (Å²) in [5.74, 6) is 0.122. The van der Waals surface area contributed by atoms with Crippen molar-refractivity contribution in [1.29, 1.82) is 0 Å². The molecule has 0 saturated heterocycles. The van der Waals surface area contributed by atoms with Crippen LogP contribution < -0.4 is 5.73 Å². The highest BCUT2D eigenvalue weighted by Gasteiger charge is 2.13. The van der Waals surface area contributed by atoms with Crippen molar-refractivity contribution in [2.24, 2.45) is 5.73 Å². The third-order valence-electron chi connectivity index (χ3n) is 1.59. The van der Waals surface area contributed by atoms with Crippen molar-refractivity contribution in [1.82, 2.24) is 4.98 Å². The van der Waals surface area contributed by atoms with Crippen molar-refractivity contribution in [3.8, 4) is 11.3 Å². The number of oxazole rings is 1. The fourth-order valence-corrected chi connectivity index (χ4v) is 1.79. The van der Waals surface area contributed by atoms with Gasteiger partial charge in [-0.05, 0) is 11.4 Å². The van der Waals surface area contributed by atoms with Crippen LogP contribution in [0.4, 0.5) is 0 Å². The van der Waals surface area contributed by atoms with Gasteiger partial charge in [-0.15, -0.1) is 23.7 Å². The van der Waals surface area contributed by atoms with Gasteiger partial charge in [-0.25, -0.2) is 4.98 Å². The molecule has 2 aromatic heterocycles.